The summed E-state index contributed by atoms with van der Waals surface area (Å²) >= 11 is 6.13. The van der Waals surface area contributed by atoms with Gasteiger partial charge >= 0.3 is 0 Å². The molecular formula is C28H31ClINO4. The molecule has 1 N–H and O–H groups in total. The fourth-order valence-electron chi connectivity index (χ4n) is 7.99. The Hall–Kier alpha value is -1.35. The minimum absolute atomic E-state index is 0. The first-order chi connectivity index (χ1) is 16.4. The molecule has 0 amide bonds. The first kappa shape index (κ1) is 24.0. The van der Waals surface area contributed by atoms with Crippen molar-refractivity contribution in [2.45, 2.75) is 68.3 Å². The molecule has 2 bridgehead atoms. The first-order valence-corrected chi connectivity index (χ1v) is 13.0. The van der Waals surface area contributed by atoms with E-state index in [4.69, 9.17) is 21.1 Å². The number of phenols is 1. The van der Waals surface area contributed by atoms with E-state index in [1.54, 1.807) is 6.07 Å². The van der Waals surface area contributed by atoms with Crippen LogP contribution < -0.4 is 28.7 Å². The van der Waals surface area contributed by atoms with Gasteiger partial charge < -0.3 is 43.0 Å². The molecule has 1 saturated heterocycles. The van der Waals surface area contributed by atoms with Gasteiger partial charge in [-0.25, -0.2) is 0 Å². The number of carbonyl (C=O) groups excluding carboxylic acids is 1. The molecule has 2 aromatic carbocycles. The summed E-state index contributed by atoms with van der Waals surface area (Å²) in [6.07, 6.45) is 4.96. The molecule has 2 saturated carbocycles. The minimum atomic E-state index is -0.578. The molecule has 5 aliphatic rings. The van der Waals surface area contributed by atoms with E-state index in [0.717, 1.165) is 40.9 Å². The van der Waals surface area contributed by atoms with Crippen molar-refractivity contribution in [2.75, 3.05) is 20.1 Å². The lowest BCUT2D eigenvalue weighted by Crippen LogP contribution is -3.00. The molecule has 186 valence electrons. The van der Waals surface area contributed by atoms with E-state index in [2.05, 4.69) is 13.1 Å². The number of hydrogen-bond acceptors (Lipinski definition) is 4. The van der Waals surface area contributed by atoms with Crippen molar-refractivity contribution in [1.82, 2.24) is 0 Å². The maximum Gasteiger partial charge on any atom is 0.174 e. The van der Waals surface area contributed by atoms with E-state index in [0.29, 0.717) is 30.2 Å². The Bertz CT molecular complexity index is 1200. The molecule has 2 aliphatic heterocycles. The minimum Gasteiger partial charge on any atom is -1.00 e. The second kappa shape index (κ2) is 8.07. The number of carbonyl (C=O) groups is 1. The van der Waals surface area contributed by atoms with Gasteiger partial charge in [-0.15, -0.1) is 0 Å². The van der Waals surface area contributed by atoms with Gasteiger partial charge in [0.1, 0.15) is 11.6 Å². The highest BCUT2D eigenvalue weighted by Gasteiger charge is 2.77. The van der Waals surface area contributed by atoms with Crippen molar-refractivity contribution in [3.05, 3.63) is 58.1 Å². The number of benzene rings is 2. The first-order valence-electron chi connectivity index (χ1n) is 12.6. The molecule has 0 aromatic heterocycles. The molecule has 5 atom stereocenters. The lowest BCUT2D eigenvalue weighted by molar-refractivity contribution is -0.950. The molecule has 2 heterocycles. The van der Waals surface area contributed by atoms with Crippen molar-refractivity contribution in [2.24, 2.45) is 5.92 Å². The van der Waals surface area contributed by atoms with Gasteiger partial charge in [-0.1, -0.05) is 29.8 Å². The van der Waals surface area contributed by atoms with Crippen LogP contribution in [0.1, 0.15) is 48.8 Å². The summed E-state index contributed by atoms with van der Waals surface area (Å²) in [4.78, 5) is 13.4. The lowest BCUT2D eigenvalue weighted by Gasteiger charge is -2.66. The third-order valence-electron chi connectivity index (χ3n) is 9.65. The summed E-state index contributed by atoms with van der Waals surface area (Å²) in [7, 11) is 2.41. The maximum atomic E-state index is 13.4. The average molecular weight is 608 g/mol. The predicted molar refractivity (Wildman–Crippen MR) is 128 cm³/mol. The number of hydrogen-bond donors (Lipinski definition) is 1. The Morgan fingerprint density at radius 2 is 1.94 bits per heavy atom. The fraction of sp³-hybridized carbons (Fsp3) is 0.536. The molecule has 2 aromatic rings. The van der Waals surface area contributed by atoms with Gasteiger partial charge in [0.2, 0.25) is 0 Å². The number of nitrogens with zero attached hydrogens (tertiary/aromatic N) is 1. The Labute approximate surface area is 228 Å². The number of likely N-dealkylation sites (N-methyl/N-ethyl adjacent to an activating group) is 1. The molecule has 1 spiro atoms. The number of likely N-dealkylation sites (tertiary alicyclic amines) is 1. The molecule has 3 fully saturated rings. The number of rotatable bonds is 5. The molecular weight excluding hydrogens is 577 g/mol. The fourth-order valence-corrected chi connectivity index (χ4v) is 8.12. The summed E-state index contributed by atoms with van der Waals surface area (Å²) in [6.45, 7) is 2.66. The molecule has 3 aliphatic carbocycles. The van der Waals surface area contributed by atoms with E-state index < -0.39 is 17.1 Å². The van der Waals surface area contributed by atoms with Crippen molar-refractivity contribution in [1.29, 1.82) is 0 Å². The van der Waals surface area contributed by atoms with Gasteiger partial charge in [0, 0.05) is 35.8 Å². The van der Waals surface area contributed by atoms with Crippen LogP contribution in [0, 0.1) is 5.92 Å². The standard InChI is InChI=1S/C28H30ClNO4.HI/c1-30(15-17-2-3-17)13-12-27-24-19-6-9-21(31)25(24)34-26(27)22(32)10-11-28(27,23(30)14-19)33-16-18-4-7-20(29)8-5-18;/h4-9,17,23,26H,2-3,10-16H2,1H3;1H/t23-,26+,27+,28-,30-;/m1./s1. The highest BCUT2D eigenvalue weighted by Crippen LogP contribution is 2.67. The molecule has 0 radical (unpaired) electrons. The number of aromatic hydroxyl groups is 1. The summed E-state index contributed by atoms with van der Waals surface area (Å²) in [6, 6.07) is 11.9. The Balaban J connectivity index is 0.00000229. The Morgan fingerprint density at radius 1 is 1.17 bits per heavy atom. The highest BCUT2D eigenvalue weighted by molar-refractivity contribution is 6.30. The van der Waals surface area contributed by atoms with E-state index >= 15 is 0 Å². The van der Waals surface area contributed by atoms with Crippen molar-refractivity contribution in [3.8, 4) is 11.5 Å². The number of piperidine rings is 1. The number of Topliss-reactive ketones (excluding diaryl/α,β-unsaturated/α-hetero) is 1. The van der Waals surface area contributed by atoms with Crippen molar-refractivity contribution < 1.29 is 47.8 Å². The Morgan fingerprint density at radius 3 is 2.69 bits per heavy atom. The van der Waals surface area contributed by atoms with Gasteiger partial charge in [-0.3, -0.25) is 4.79 Å². The topological polar surface area (TPSA) is 55.8 Å². The maximum absolute atomic E-state index is 13.4. The highest BCUT2D eigenvalue weighted by atomic mass is 127. The van der Waals surface area contributed by atoms with E-state index in [1.807, 2.05) is 24.3 Å². The number of ketones is 1. The van der Waals surface area contributed by atoms with Crippen LogP contribution in [-0.4, -0.2) is 53.3 Å². The van der Waals surface area contributed by atoms with Gasteiger partial charge in [0.15, 0.2) is 23.4 Å². The monoisotopic (exact) mass is 607 g/mol. The van der Waals surface area contributed by atoms with Crippen LogP contribution in [0.25, 0.3) is 0 Å². The SMILES string of the molecule is C[N@+]1(CC2CC2)CC[C@]23c4c5ccc(O)c4O[C@H]2C(=O)CC[C@@]3(OCc2ccc(Cl)cc2)[C@H]1C5.[I-]. The second-order valence-electron chi connectivity index (χ2n) is 11.5. The number of ether oxygens (including phenoxy) is 2. The zero-order chi connectivity index (χ0) is 23.3. The molecule has 7 rings (SSSR count). The summed E-state index contributed by atoms with van der Waals surface area (Å²) in [5.41, 5.74) is 2.30. The van der Waals surface area contributed by atoms with E-state index in [9.17, 15) is 9.90 Å². The molecule has 0 unspecified atom stereocenters. The van der Waals surface area contributed by atoms with E-state index in [1.165, 1.54) is 24.9 Å². The van der Waals surface area contributed by atoms with Crippen LogP contribution in [-0.2, 0) is 28.0 Å². The van der Waals surface area contributed by atoms with Crippen LogP contribution in [0.5, 0.6) is 11.5 Å². The second-order valence-corrected chi connectivity index (χ2v) is 11.9. The zero-order valence-electron chi connectivity index (χ0n) is 19.9. The van der Waals surface area contributed by atoms with Crippen LogP contribution in [0.3, 0.4) is 0 Å². The molecule has 35 heavy (non-hydrogen) atoms. The third kappa shape index (κ3) is 3.22. The summed E-state index contributed by atoms with van der Waals surface area (Å²) in [5, 5.41) is 11.5. The zero-order valence-corrected chi connectivity index (χ0v) is 22.8. The molecule has 5 nitrogen and oxygen atoms in total. The van der Waals surface area contributed by atoms with Gasteiger partial charge in [-0.2, -0.15) is 0 Å². The Kier molecular flexibility index (Phi) is 5.54. The number of quaternary nitrogens is 1. The van der Waals surface area contributed by atoms with Crippen LogP contribution in [0.2, 0.25) is 5.02 Å². The summed E-state index contributed by atoms with van der Waals surface area (Å²) < 4.78 is 14.5. The normalized spacial score (nSPS) is 36.2. The largest absolute Gasteiger partial charge is 1.00 e. The smallest absolute Gasteiger partial charge is 0.174 e. The van der Waals surface area contributed by atoms with Crippen molar-refractivity contribution >= 4 is 17.4 Å². The van der Waals surface area contributed by atoms with Crippen LogP contribution >= 0.6 is 11.6 Å². The van der Waals surface area contributed by atoms with E-state index in [-0.39, 0.29) is 41.6 Å². The molecule has 7 heteroatoms. The van der Waals surface area contributed by atoms with Gasteiger partial charge in [0.25, 0.3) is 0 Å². The predicted octanol–water partition coefficient (Wildman–Crippen LogP) is 1.55. The van der Waals surface area contributed by atoms with Crippen LogP contribution in [0.4, 0.5) is 0 Å². The van der Waals surface area contributed by atoms with Crippen LogP contribution in [0.15, 0.2) is 36.4 Å². The lowest BCUT2D eigenvalue weighted by atomic mass is 9.48. The van der Waals surface area contributed by atoms with Gasteiger partial charge in [-0.05, 0) is 48.6 Å². The van der Waals surface area contributed by atoms with Crippen molar-refractivity contribution in [3.63, 3.8) is 0 Å². The average Bonchev–Trinajstić information content (AvgIpc) is 3.55. The number of phenolic OH excluding ortho intramolecular Hbond substituents is 1. The quantitative estimate of drug-likeness (QED) is 0.414. The van der Waals surface area contributed by atoms with Gasteiger partial charge in [0.05, 0.1) is 32.2 Å². The summed E-state index contributed by atoms with van der Waals surface area (Å²) in [5.74, 6) is 1.60. The third-order valence-corrected chi connectivity index (χ3v) is 9.90. The number of halogens is 2.